The first-order valence-corrected chi connectivity index (χ1v) is 9.83. The number of rotatable bonds is 2. The van der Waals surface area contributed by atoms with Gasteiger partial charge in [0.05, 0.1) is 23.1 Å². The number of nitrogens with zero attached hydrogens (tertiary/aromatic N) is 3. The van der Waals surface area contributed by atoms with Gasteiger partial charge in [0.25, 0.3) is 0 Å². The summed E-state index contributed by atoms with van der Waals surface area (Å²) in [6.45, 7) is -0.871. The summed E-state index contributed by atoms with van der Waals surface area (Å²) in [4.78, 5) is 19.0. The topological polar surface area (TPSA) is 47.4 Å². The summed E-state index contributed by atoms with van der Waals surface area (Å²) in [5.74, 6) is 0.896. The molecule has 3 heterocycles. The van der Waals surface area contributed by atoms with Crippen molar-refractivity contribution in [3.05, 3.63) is 58.4 Å². The highest BCUT2D eigenvalue weighted by Crippen LogP contribution is 2.49. The third kappa shape index (κ3) is 2.87. The fourth-order valence-corrected chi connectivity index (χ4v) is 4.91. The van der Waals surface area contributed by atoms with Gasteiger partial charge in [-0.25, -0.2) is 4.98 Å². The predicted molar refractivity (Wildman–Crippen MR) is 104 cm³/mol. The summed E-state index contributed by atoms with van der Waals surface area (Å²) >= 11 is 6.23. The van der Waals surface area contributed by atoms with Crippen LogP contribution in [-0.2, 0) is 11.2 Å². The highest BCUT2D eigenvalue weighted by atomic mass is 35.5. The van der Waals surface area contributed by atoms with Crippen molar-refractivity contribution in [2.24, 2.45) is 0 Å². The average Bonchev–Trinajstić information content (AvgIpc) is 3.18. The molecule has 29 heavy (non-hydrogen) atoms. The molecule has 5 nitrogen and oxygen atoms in total. The van der Waals surface area contributed by atoms with Gasteiger partial charge in [0, 0.05) is 30.5 Å². The summed E-state index contributed by atoms with van der Waals surface area (Å²) in [6, 6.07) is 10.1. The number of hydrogen-bond acceptors (Lipinski definition) is 3. The quantitative estimate of drug-likeness (QED) is 0.605. The van der Waals surface area contributed by atoms with Crippen molar-refractivity contribution in [2.75, 3.05) is 6.54 Å². The van der Waals surface area contributed by atoms with Crippen LogP contribution in [-0.4, -0.2) is 33.5 Å². The lowest BCUT2D eigenvalue weighted by Crippen LogP contribution is -2.35. The number of fused-ring (bicyclic) bond motifs is 9. The van der Waals surface area contributed by atoms with E-state index >= 15 is 0 Å². The third-order valence-electron chi connectivity index (χ3n) is 5.84. The summed E-state index contributed by atoms with van der Waals surface area (Å²) in [5.41, 5.74) is 3.22. The molecule has 0 fully saturated rings. The fraction of sp³-hybridized carbons (Fsp3) is 0.333. The molecule has 0 aliphatic carbocycles. The zero-order chi connectivity index (χ0) is 20.3. The minimum absolute atomic E-state index is 0.0317. The maximum absolute atomic E-state index is 13.1. The molecule has 0 saturated carbocycles. The molecular weight excluding hydrogens is 400 g/mol. The standard InChI is InChI=1S/C21H18ClF2N3O2/c1-11(28)26-8-7-12-3-2-4-18(29-21(23)24)19(12)16-10-17(26)20-25-14-6-5-13(22)9-15(14)27(16)20/h2-6,9,16-17,21H,7-8,10H2,1H3/t16-,17-/m1/s1. The van der Waals surface area contributed by atoms with Gasteiger partial charge in [0.15, 0.2) is 0 Å². The molecule has 1 amide bonds. The molecule has 2 bridgehead atoms. The normalized spacial score (nSPS) is 20.4. The second-order valence-corrected chi connectivity index (χ2v) is 7.85. The number of ether oxygens (including phenoxy) is 1. The Morgan fingerprint density at radius 2 is 2.10 bits per heavy atom. The number of halogens is 3. The minimum Gasteiger partial charge on any atom is -0.434 e. The van der Waals surface area contributed by atoms with Crippen LogP contribution < -0.4 is 4.74 Å². The Labute approximate surface area is 170 Å². The van der Waals surface area contributed by atoms with E-state index in [-0.39, 0.29) is 23.7 Å². The Hall–Kier alpha value is -2.67. The summed E-state index contributed by atoms with van der Waals surface area (Å²) in [5, 5.41) is 0.568. The van der Waals surface area contributed by atoms with Crippen LogP contribution >= 0.6 is 11.6 Å². The third-order valence-corrected chi connectivity index (χ3v) is 6.08. The molecule has 0 N–H and O–H groups in total. The van der Waals surface area contributed by atoms with E-state index in [0.29, 0.717) is 24.4 Å². The van der Waals surface area contributed by atoms with E-state index in [9.17, 15) is 13.6 Å². The molecule has 2 aliphatic heterocycles. The van der Waals surface area contributed by atoms with Crippen molar-refractivity contribution in [3.8, 4) is 5.75 Å². The first kappa shape index (κ1) is 18.4. The average molecular weight is 418 g/mol. The van der Waals surface area contributed by atoms with Crippen LogP contribution in [0.15, 0.2) is 36.4 Å². The lowest BCUT2D eigenvalue weighted by atomic mass is 9.91. The van der Waals surface area contributed by atoms with Crippen molar-refractivity contribution in [1.29, 1.82) is 0 Å². The summed E-state index contributed by atoms with van der Waals surface area (Å²) < 4.78 is 33.1. The Morgan fingerprint density at radius 1 is 1.28 bits per heavy atom. The van der Waals surface area contributed by atoms with E-state index in [4.69, 9.17) is 21.3 Å². The molecule has 2 aromatic carbocycles. The second kappa shape index (κ2) is 6.69. The number of carbonyl (C=O) groups excluding carboxylic acids is 1. The van der Waals surface area contributed by atoms with Gasteiger partial charge < -0.3 is 14.2 Å². The second-order valence-electron chi connectivity index (χ2n) is 7.41. The van der Waals surface area contributed by atoms with E-state index in [1.165, 1.54) is 0 Å². The Bertz CT molecular complexity index is 1130. The first-order valence-electron chi connectivity index (χ1n) is 9.45. The zero-order valence-corrected chi connectivity index (χ0v) is 16.4. The van der Waals surface area contributed by atoms with Crippen LogP contribution in [0.2, 0.25) is 5.02 Å². The molecule has 0 radical (unpaired) electrons. The molecule has 2 aliphatic rings. The number of imidazole rings is 1. The van der Waals surface area contributed by atoms with Gasteiger partial charge >= 0.3 is 6.61 Å². The Balaban J connectivity index is 1.79. The van der Waals surface area contributed by atoms with E-state index in [1.54, 1.807) is 25.1 Å². The van der Waals surface area contributed by atoms with Crippen LogP contribution in [0.3, 0.4) is 0 Å². The lowest BCUT2D eigenvalue weighted by Gasteiger charge is -2.31. The molecule has 5 rings (SSSR count). The van der Waals surface area contributed by atoms with Crippen LogP contribution in [0.5, 0.6) is 5.75 Å². The smallest absolute Gasteiger partial charge is 0.387 e. The van der Waals surface area contributed by atoms with Gasteiger partial charge in [-0.15, -0.1) is 0 Å². The van der Waals surface area contributed by atoms with Gasteiger partial charge in [0.2, 0.25) is 5.91 Å². The van der Waals surface area contributed by atoms with Crippen molar-refractivity contribution >= 4 is 28.5 Å². The van der Waals surface area contributed by atoms with Crippen LogP contribution in [0, 0.1) is 0 Å². The molecule has 8 heteroatoms. The fourth-order valence-electron chi connectivity index (χ4n) is 4.74. The minimum atomic E-state index is -2.91. The summed E-state index contributed by atoms with van der Waals surface area (Å²) in [7, 11) is 0. The highest BCUT2D eigenvalue weighted by Gasteiger charge is 2.42. The number of aromatic nitrogens is 2. The first-order chi connectivity index (χ1) is 13.9. The highest BCUT2D eigenvalue weighted by molar-refractivity contribution is 6.31. The van der Waals surface area contributed by atoms with E-state index in [2.05, 4.69) is 0 Å². The van der Waals surface area contributed by atoms with Crippen LogP contribution in [0.1, 0.15) is 42.4 Å². The zero-order valence-electron chi connectivity index (χ0n) is 15.6. The molecule has 0 spiro atoms. The molecule has 0 unspecified atom stereocenters. The van der Waals surface area contributed by atoms with Crippen LogP contribution in [0.25, 0.3) is 11.0 Å². The molecule has 1 aromatic heterocycles. The Morgan fingerprint density at radius 3 is 2.86 bits per heavy atom. The van der Waals surface area contributed by atoms with E-state index < -0.39 is 6.61 Å². The number of benzene rings is 2. The number of hydrogen-bond donors (Lipinski definition) is 0. The van der Waals surface area contributed by atoms with E-state index in [1.807, 2.05) is 27.7 Å². The number of alkyl halides is 2. The maximum atomic E-state index is 13.1. The van der Waals surface area contributed by atoms with Gasteiger partial charge in [-0.2, -0.15) is 8.78 Å². The lowest BCUT2D eigenvalue weighted by molar-refractivity contribution is -0.131. The molecule has 150 valence electrons. The van der Waals surface area contributed by atoms with E-state index in [0.717, 1.165) is 28.0 Å². The number of amides is 1. The molecular formula is C21H18ClF2N3O2. The van der Waals surface area contributed by atoms with Gasteiger partial charge in [-0.1, -0.05) is 23.7 Å². The van der Waals surface area contributed by atoms with Gasteiger partial charge in [0.1, 0.15) is 11.6 Å². The monoisotopic (exact) mass is 417 g/mol. The summed E-state index contributed by atoms with van der Waals surface area (Å²) in [6.07, 6.45) is 1.12. The van der Waals surface area contributed by atoms with Crippen molar-refractivity contribution in [1.82, 2.24) is 14.5 Å². The van der Waals surface area contributed by atoms with Gasteiger partial charge in [-0.05, 0) is 36.2 Å². The van der Waals surface area contributed by atoms with Crippen molar-refractivity contribution in [3.63, 3.8) is 0 Å². The van der Waals surface area contributed by atoms with Gasteiger partial charge in [-0.3, -0.25) is 4.79 Å². The van der Waals surface area contributed by atoms with Crippen molar-refractivity contribution in [2.45, 2.75) is 38.5 Å². The predicted octanol–water partition coefficient (Wildman–Crippen LogP) is 4.73. The largest absolute Gasteiger partial charge is 0.434 e. The molecule has 2 atom stereocenters. The molecule has 0 saturated heterocycles. The molecule has 3 aromatic rings. The van der Waals surface area contributed by atoms with Crippen molar-refractivity contribution < 1.29 is 18.3 Å². The Kier molecular flexibility index (Phi) is 4.24. The number of carbonyl (C=O) groups is 1. The van der Waals surface area contributed by atoms with Crippen LogP contribution in [0.4, 0.5) is 8.78 Å². The SMILES string of the molecule is CC(=O)N1CCc2cccc(OC(F)F)c2[C@H]2C[C@@H]1c1nc3ccc(Cl)cc3n12. The maximum Gasteiger partial charge on any atom is 0.387 e.